The van der Waals surface area contributed by atoms with Crippen LogP contribution in [0.4, 0.5) is 10.1 Å². The molecule has 0 spiro atoms. The number of nitrogens with two attached hydrogens (primary N) is 1. The van der Waals surface area contributed by atoms with Gasteiger partial charge >= 0.3 is 0 Å². The number of benzene rings is 1. The predicted molar refractivity (Wildman–Crippen MR) is 90.8 cm³/mol. The van der Waals surface area contributed by atoms with Gasteiger partial charge in [-0.1, -0.05) is 13.0 Å². The van der Waals surface area contributed by atoms with Crippen LogP contribution in [0.25, 0.3) is 0 Å². The molecular weight excluding hydrogens is 311 g/mol. The van der Waals surface area contributed by atoms with Crippen molar-refractivity contribution in [1.82, 2.24) is 15.1 Å². The number of anilines is 1. The molecule has 24 heavy (non-hydrogen) atoms. The van der Waals surface area contributed by atoms with Gasteiger partial charge in [-0.15, -0.1) is 0 Å². The second-order valence-electron chi connectivity index (χ2n) is 6.16. The summed E-state index contributed by atoms with van der Waals surface area (Å²) in [7, 11) is 2.01. The quantitative estimate of drug-likeness (QED) is 0.773. The molecule has 1 aromatic rings. The average Bonchev–Trinajstić information content (AvgIpc) is 2.57. The summed E-state index contributed by atoms with van der Waals surface area (Å²) in [5.74, 6) is -0.833. The molecule has 1 aliphatic rings. The second kappa shape index (κ2) is 8.10. The van der Waals surface area contributed by atoms with Crippen molar-refractivity contribution in [2.45, 2.75) is 25.8 Å². The van der Waals surface area contributed by atoms with Crippen molar-refractivity contribution >= 4 is 17.5 Å². The largest absolute Gasteiger partial charge is 0.396 e. The van der Waals surface area contributed by atoms with E-state index in [9.17, 15) is 14.0 Å². The van der Waals surface area contributed by atoms with Crippen molar-refractivity contribution in [3.63, 3.8) is 0 Å². The SMILES string of the molecule is CCC(=O)NC(Cc1ccc(N)c(F)c1)C(=O)N1CCN(C)CC1. The number of nitrogen functional groups attached to an aromatic ring is 1. The first-order chi connectivity index (χ1) is 11.4. The average molecular weight is 336 g/mol. The minimum absolute atomic E-state index is 0.0679. The third-order valence-electron chi connectivity index (χ3n) is 4.27. The fraction of sp³-hybridized carbons (Fsp3) is 0.529. The summed E-state index contributed by atoms with van der Waals surface area (Å²) in [6.07, 6.45) is 0.538. The molecule has 2 amide bonds. The zero-order valence-electron chi connectivity index (χ0n) is 14.2. The molecule has 132 valence electrons. The fourth-order valence-corrected chi connectivity index (χ4v) is 2.68. The van der Waals surface area contributed by atoms with Gasteiger partial charge in [-0.2, -0.15) is 0 Å². The van der Waals surface area contributed by atoms with Gasteiger partial charge in [0, 0.05) is 39.0 Å². The number of amides is 2. The number of halogens is 1. The molecule has 1 heterocycles. The van der Waals surface area contributed by atoms with E-state index in [2.05, 4.69) is 10.2 Å². The molecule has 0 bridgehead atoms. The number of hydrogen-bond donors (Lipinski definition) is 2. The van der Waals surface area contributed by atoms with Crippen LogP contribution in [0.3, 0.4) is 0 Å². The van der Waals surface area contributed by atoms with Crippen molar-refractivity contribution in [3.8, 4) is 0 Å². The third-order valence-corrected chi connectivity index (χ3v) is 4.27. The van der Waals surface area contributed by atoms with Crippen molar-refractivity contribution in [1.29, 1.82) is 0 Å². The van der Waals surface area contributed by atoms with Crippen LogP contribution in [-0.4, -0.2) is 60.9 Å². The highest BCUT2D eigenvalue weighted by Crippen LogP contribution is 2.15. The number of nitrogens with one attached hydrogen (secondary N) is 1. The highest BCUT2D eigenvalue weighted by Gasteiger charge is 2.28. The number of piperazine rings is 1. The molecule has 0 saturated carbocycles. The molecule has 0 aromatic heterocycles. The third kappa shape index (κ3) is 4.67. The van der Waals surface area contributed by atoms with Crippen molar-refractivity contribution < 1.29 is 14.0 Å². The number of carbonyl (C=O) groups is 2. The Labute approximate surface area is 141 Å². The van der Waals surface area contributed by atoms with E-state index < -0.39 is 11.9 Å². The van der Waals surface area contributed by atoms with E-state index >= 15 is 0 Å². The van der Waals surface area contributed by atoms with Crippen LogP contribution >= 0.6 is 0 Å². The minimum atomic E-state index is -0.691. The first-order valence-corrected chi connectivity index (χ1v) is 8.21. The Balaban J connectivity index is 2.12. The van der Waals surface area contributed by atoms with Crippen LogP contribution in [0.15, 0.2) is 18.2 Å². The number of carbonyl (C=O) groups excluding carboxylic acids is 2. The molecule has 1 unspecified atom stereocenters. The normalized spacial score (nSPS) is 16.7. The number of rotatable bonds is 5. The Bertz CT molecular complexity index is 600. The van der Waals surface area contributed by atoms with Gasteiger partial charge < -0.3 is 20.9 Å². The van der Waals surface area contributed by atoms with Crippen molar-refractivity contribution in [3.05, 3.63) is 29.6 Å². The molecule has 3 N–H and O–H groups in total. The summed E-state index contributed by atoms with van der Waals surface area (Å²) in [6.45, 7) is 4.59. The van der Waals surface area contributed by atoms with E-state index in [1.807, 2.05) is 7.05 Å². The molecule has 0 aliphatic carbocycles. The zero-order valence-corrected chi connectivity index (χ0v) is 14.2. The lowest BCUT2D eigenvalue weighted by molar-refractivity contribution is -0.137. The summed E-state index contributed by atoms with van der Waals surface area (Å²) >= 11 is 0. The highest BCUT2D eigenvalue weighted by atomic mass is 19.1. The van der Waals surface area contributed by atoms with Gasteiger partial charge in [0.1, 0.15) is 11.9 Å². The lowest BCUT2D eigenvalue weighted by Gasteiger charge is -2.34. The summed E-state index contributed by atoms with van der Waals surface area (Å²) in [5, 5.41) is 2.76. The molecule has 7 heteroatoms. The van der Waals surface area contributed by atoms with Gasteiger partial charge in [0.05, 0.1) is 5.69 Å². The zero-order chi connectivity index (χ0) is 17.7. The Morgan fingerprint density at radius 2 is 1.96 bits per heavy atom. The Hall–Kier alpha value is -2.15. The van der Waals surface area contributed by atoms with Crippen LogP contribution in [0.5, 0.6) is 0 Å². The van der Waals surface area contributed by atoms with E-state index in [1.165, 1.54) is 12.1 Å². The number of nitrogens with zero attached hydrogens (tertiary/aromatic N) is 2. The van der Waals surface area contributed by atoms with Crippen molar-refractivity contribution in [2.24, 2.45) is 0 Å². The van der Waals surface area contributed by atoms with Crippen LogP contribution in [0.2, 0.25) is 0 Å². The maximum Gasteiger partial charge on any atom is 0.245 e. The van der Waals surface area contributed by atoms with Crippen molar-refractivity contribution in [2.75, 3.05) is 39.0 Å². The molecule has 0 radical (unpaired) electrons. The number of likely N-dealkylation sites (N-methyl/N-ethyl adjacent to an activating group) is 1. The number of hydrogen-bond acceptors (Lipinski definition) is 4. The van der Waals surface area contributed by atoms with E-state index in [0.717, 1.165) is 13.1 Å². The molecule has 1 aliphatic heterocycles. The van der Waals surface area contributed by atoms with Gasteiger partial charge in [-0.05, 0) is 24.7 Å². The summed E-state index contributed by atoms with van der Waals surface area (Å²) in [5.41, 5.74) is 6.18. The molecule has 1 atom stereocenters. The molecule has 1 saturated heterocycles. The van der Waals surface area contributed by atoms with E-state index in [0.29, 0.717) is 25.1 Å². The van der Waals surface area contributed by atoms with Gasteiger partial charge in [0.15, 0.2) is 0 Å². The van der Waals surface area contributed by atoms with Gasteiger partial charge in [-0.25, -0.2) is 4.39 Å². The van der Waals surface area contributed by atoms with Crippen LogP contribution in [0.1, 0.15) is 18.9 Å². The molecule has 1 fully saturated rings. The standard InChI is InChI=1S/C17H25FN4O2/c1-3-16(23)20-15(11-12-4-5-14(19)13(18)10-12)17(24)22-8-6-21(2)7-9-22/h4-5,10,15H,3,6-9,11,19H2,1-2H3,(H,20,23). The molecular formula is C17H25FN4O2. The molecule has 6 nitrogen and oxygen atoms in total. The summed E-state index contributed by atoms with van der Waals surface area (Å²) in [6, 6.07) is 3.78. The molecule has 2 rings (SSSR count). The van der Waals surface area contributed by atoms with E-state index in [-0.39, 0.29) is 23.9 Å². The first-order valence-electron chi connectivity index (χ1n) is 8.21. The Morgan fingerprint density at radius 3 is 2.54 bits per heavy atom. The monoisotopic (exact) mass is 336 g/mol. The van der Waals surface area contributed by atoms with E-state index in [1.54, 1.807) is 17.9 Å². The summed E-state index contributed by atoms with van der Waals surface area (Å²) < 4.78 is 13.6. The van der Waals surface area contributed by atoms with E-state index in [4.69, 9.17) is 5.73 Å². The van der Waals surface area contributed by atoms with Gasteiger partial charge in [0.2, 0.25) is 11.8 Å². The predicted octanol–water partition coefficient (Wildman–Crippen LogP) is 0.619. The first kappa shape index (κ1) is 18.2. The van der Waals surface area contributed by atoms with Gasteiger partial charge in [0.25, 0.3) is 0 Å². The highest BCUT2D eigenvalue weighted by molar-refractivity contribution is 5.88. The maximum atomic E-state index is 13.6. The summed E-state index contributed by atoms with van der Waals surface area (Å²) in [4.78, 5) is 28.5. The van der Waals surface area contributed by atoms with Crippen LogP contribution in [-0.2, 0) is 16.0 Å². The molecule has 1 aromatic carbocycles. The Kier molecular flexibility index (Phi) is 6.14. The lowest BCUT2D eigenvalue weighted by atomic mass is 10.0. The lowest BCUT2D eigenvalue weighted by Crippen LogP contribution is -2.54. The topological polar surface area (TPSA) is 78.7 Å². The smallest absolute Gasteiger partial charge is 0.245 e. The van der Waals surface area contributed by atoms with Gasteiger partial charge in [-0.3, -0.25) is 9.59 Å². The Morgan fingerprint density at radius 1 is 1.29 bits per heavy atom. The van der Waals surface area contributed by atoms with Crippen LogP contribution in [0, 0.1) is 5.82 Å². The maximum absolute atomic E-state index is 13.6. The fourth-order valence-electron chi connectivity index (χ4n) is 2.68. The van der Waals surface area contributed by atoms with Crippen LogP contribution < -0.4 is 11.1 Å². The second-order valence-corrected chi connectivity index (χ2v) is 6.16. The minimum Gasteiger partial charge on any atom is -0.396 e.